The van der Waals surface area contributed by atoms with Crippen molar-refractivity contribution in [3.05, 3.63) is 68.7 Å². The number of likely N-dealkylation sites (N-methyl/N-ethyl adjacent to an activating group) is 1. The fourth-order valence-corrected chi connectivity index (χ4v) is 2.74. The second kappa shape index (κ2) is 8.64. The van der Waals surface area contributed by atoms with Gasteiger partial charge in [0.25, 0.3) is 11.6 Å². The molecular weight excluding hydrogens is 356 g/mol. The van der Waals surface area contributed by atoms with E-state index in [0.717, 1.165) is 5.56 Å². The number of nitro benzene ring substituents is 1. The van der Waals surface area contributed by atoms with Gasteiger partial charge in [-0.05, 0) is 37.9 Å². The van der Waals surface area contributed by atoms with Crippen LogP contribution in [0.3, 0.4) is 0 Å². The lowest BCUT2D eigenvalue weighted by Crippen LogP contribution is -2.28. The van der Waals surface area contributed by atoms with E-state index in [1.807, 2.05) is 43.3 Å². The highest BCUT2D eigenvalue weighted by Crippen LogP contribution is 2.25. The number of anilines is 1. The Morgan fingerprint density at radius 1 is 1.23 bits per heavy atom. The molecule has 138 valence electrons. The third-order valence-electron chi connectivity index (χ3n) is 4.05. The van der Waals surface area contributed by atoms with Crippen LogP contribution in [0.25, 0.3) is 0 Å². The highest BCUT2D eigenvalue weighted by molar-refractivity contribution is 6.30. The van der Waals surface area contributed by atoms with Crippen molar-refractivity contribution < 1.29 is 9.72 Å². The predicted octanol–water partition coefficient (Wildman–Crippen LogP) is 3.32. The summed E-state index contributed by atoms with van der Waals surface area (Å²) in [5, 5.41) is 17.4. The lowest BCUT2D eigenvalue weighted by Gasteiger charge is -2.26. The number of amides is 1. The van der Waals surface area contributed by atoms with E-state index in [0.29, 0.717) is 17.3 Å². The van der Waals surface area contributed by atoms with Gasteiger partial charge in [0.05, 0.1) is 16.5 Å². The van der Waals surface area contributed by atoms with Gasteiger partial charge in [0.15, 0.2) is 0 Å². The van der Waals surface area contributed by atoms with Crippen LogP contribution >= 0.6 is 11.6 Å². The number of hydrogen-bond donors (Lipinski definition) is 2. The average molecular weight is 377 g/mol. The maximum absolute atomic E-state index is 12.1. The second-order valence-electron chi connectivity index (χ2n) is 5.98. The summed E-state index contributed by atoms with van der Waals surface area (Å²) in [5.41, 5.74) is 1.71. The monoisotopic (exact) mass is 376 g/mol. The maximum atomic E-state index is 12.1. The molecule has 0 fully saturated rings. The van der Waals surface area contributed by atoms with E-state index in [1.165, 1.54) is 19.2 Å². The van der Waals surface area contributed by atoms with Gasteiger partial charge in [-0.1, -0.05) is 23.7 Å². The molecule has 0 aromatic heterocycles. The zero-order valence-corrected chi connectivity index (χ0v) is 15.6. The van der Waals surface area contributed by atoms with Crippen LogP contribution in [-0.4, -0.2) is 43.4 Å². The van der Waals surface area contributed by atoms with Crippen LogP contribution in [-0.2, 0) is 0 Å². The number of rotatable bonds is 7. The molecule has 0 saturated heterocycles. The van der Waals surface area contributed by atoms with Crippen molar-refractivity contribution in [2.75, 3.05) is 33.0 Å². The van der Waals surface area contributed by atoms with E-state index < -0.39 is 4.92 Å². The van der Waals surface area contributed by atoms with Crippen LogP contribution in [0.2, 0.25) is 5.02 Å². The molecule has 0 radical (unpaired) electrons. The highest BCUT2D eigenvalue weighted by Gasteiger charge is 2.18. The number of carbonyl (C=O) groups is 1. The fraction of sp³-hybridized carbons (Fsp3) is 0.278. The van der Waals surface area contributed by atoms with Gasteiger partial charge in [0.2, 0.25) is 0 Å². The largest absolute Gasteiger partial charge is 0.382 e. The minimum atomic E-state index is -0.521. The van der Waals surface area contributed by atoms with E-state index in [9.17, 15) is 14.9 Å². The number of nitro groups is 1. The number of nitrogens with one attached hydrogen (secondary N) is 2. The molecule has 0 saturated carbocycles. The summed E-state index contributed by atoms with van der Waals surface area (Å²) in [6, 6.07) is 11.8. The van der Waals surface area contributed by atoms with Crippen molar-refractivity contribution in [3.63, 3.8) is 0 Å². The molecule has 1 amide bonds. The Hall–Kier alpha value is -2.64. The Bertz CT molecular complexity index is 794. The average Bonchev–Trinajstić information content (AvgIpc) is 2.62. The summed E-state index contributed by atoms with van der Waals surface area (Å²) in [6.45, 7) is 0.510. The lowest BCUT2D eigenvalue weighted by molar-refractivity contribution is -0.384. The zero-order valence-electron chi connectivity index (χ0n) is 14.8. The fourth-order valence-electron chi connectivity index (χ4n) is 2.61. The quantitative estimate of drug-likeness (QED) is 0.571. The molecule has 1 atom stereocenters. The maximum Gasteiger partial charge on any atom is 0.270 e. The molecule has 0 aliphatic heterocycles. The Balaban J connectivity index is 2.26. The Kier molecular flexibility index (Phi) is 6.54. The third kappa shape index (κ3) is 4.71. The van der Waals surface area contributed by atoms with Crippen LogP contribution in [0.1, 0.15) is 22.0 Å². The first-order valence-electron chi connectivity index (χ1n) is 7.99. The Morgan fingerprint density at radius 3 is 2.42 bits per heavy atom. The minimum Gasteiger partial charge on any atom is -0.382 e. The number of halogens is 1. The molecule has 0 bridgehead atoms. The first-order chi connectivity index (χ1) is 12.3. The van der Waals surface area contributed by atoms with Crippen molar-refractivity contribution in [1.82, 2.24) is 10.2 Å². The second-order valence-corrected chi connectivity index (χ2v) is 6.41. The van der Waals surface area contributed by atoms with E-state index >= 15 is 0 Å². The molecule has 2 aromatic rings. The SMILES string of the molecule is CNC(=O)c1cc([N+](=O)[O-])ccc1NCC(c1ccc(Cl)cc1)N(C)C. The van der Waals surface area contributed by atoms with Gasteiger partial charge >= 0.3 is 0 Å². The predicted molar refractivity (Wildman–Crippen MR) is 103 cm³/mol. The summed E-state index contributed by atoms with van der Waals surface area (Å²) in [6.07, 6.45) is 0. The van der Waals surface area contributed by atoms with Crippen molar-refractivity contribution in [3.8, 4) is 0 Å². The molecule has 26 heavy (non-hydrogen) atoms. The Labute approximate surface area is 157 Å². The molecule has 0 aliphatic rings. The van der Waals surface area contributed by atoms with Gasteiger partial charge in [0.1, 0.15) is 0 Å². The number of non-ortho nitro benzene ring substituents is 1. The minimum absolute atomic E-state index is 0.0278. The molecule has 2 rings (SSSR count). The molecule has 0 aliphatic carbocycles. The standard InChI is InChI=1S/C18H21ClN4O3/c1-20-18(24)15-10-14(23(25)26)8-9-16(15)21-11-17(22(2)3)12-4-6-13(19)7-5-12/h4-10,17,21H,11H2,1-3H3,(H,20,24). The highest BCUT2D eigenvalue weighted by atomic mass is 35.5. The summed E-state index contributed by atoms with van der Waals surface area (Å²) in [5.74, 6) is -0.385. The summed E-state index contributed by atoms with van der Waals surface area (Å²) in [7, 11) is 5.40. The van der Waals surface area contributed by atoms with Gasteiger partial charge in [-0.25, -0.2) is 0 Å². The molecule has 2 aromatic carbocycles. The van der Waals surface area contributed by atoms with Crippen LogP contribution in [0.15, 0.2) is 42.5 Å². The van der Waals surface area contributed by atoms with Crippen LogP contribution in [0.5, 0.6) is 0 Å². The van der Waals surface area contributed by atoms with Gasteiger partial charge in [-0.15, -0.1) is 0 Å². The van der Waals surface area contributed by atoms with E-state index in [-0.39, 0.29) is 23.2 Å². The van der Waals surface area contributed by atoms with Gasteiger partial charge < -0.3 is 15.5 Å². The Morgan fingerprint density at radius 2 is 1.88 bits per heavy atom. The van der Waals surface area contributed by atoms with Gasteiger partial charge in [0, 0.05) is 36.4 Å². The zero-order chi connectivity index (χ0) is 19.3. The molecule has 7 nitrogen and oxygen atoms in total. The summed E-state index contributed by atoms with van der Waals surface area (Å²) in [4.78, 5) is 24.6. The number of hydrogen-bond acceptors (Lipinski definition) is 5. The van der Waals surface area contributed by atoms with Gasteiger partial charge in [-0.2, -0.15) is 0 Å². The number of nitrogens with zero attached hydrogens (tertiary/aromatic N) is 2. The van der Waals surface area contributed by atoms with E-state index in [2.05, 4.69) is 10.6 Å². The summed E-state index contributed by atoms with van der Waals surface area (Å²) < 4.78 is 0. The van der Waals surface area contributed by atoms with E-state index in [1.54, 1.807) is 6.07 Å². The molecule has 0 spiro atoms. The van der Waals surface area contributed by atoms with Crippen LogP contribution < -0.4 is 10.6 Å². The smallest absolute Gasteiger partial charge is 0.270 e. The molecule has 1 unspecified atom stereocenters. The first-order valence-corrected chi connectivity index (χ1v) is 8.37. The number of benzene rings is 2. The first kappa shape index (κ1) is 19.7. The van der Waals surface area contributed by atoms with Gasteiger partial charge in [-0.3, -0.25) is 14.9 Å². The van der Waals surface area contributed by atoms with Crippen molar-refractivity contribution >= 4 is 28.9 Å². The summed E-state index contributed by atoms with van der Waals surface area (Å²) >= 11 is 5.95. The normalized spacial score (nSPS) is 11.9. The van der Waals surface area contributed by atoms with Crippen LogP contribution in [0.4, 0.5) is 11.4 Å². The van der Waals surface area contributed by atoms with E-state index in [4.69, 9.17) is 11.6 Å². The third-order valence-corrected chi connectivity index (χ3v) is 4.30. The lowest BCUT2D eigenvalue weighted by atomic mass is 10.1. The van der Waals surface area contributed by atoms with Crippen LogP contribution in [0, 0.1) is 10.1 Å². The van der Waals surface area contributed by atoms with Crippen molar-refractivity contribution in [2.45, 2.75) is 6.04 Å². The molecular formula is C18H21ClN4O3. The molecule has 8 heteroatoms. The topological polar surface area (TPSA) is 87.5 Å². The van der Waals surface area contributed by atoms with Crippen molar-refractivity contribution in [1.29, 1.82) is 0 Å². The molecule has 0 heterocycles. The van der Waals surface area contributed by atoms with Crippen molar-refractivity contribution in [2.24, 2.45) is 0 Å². The molecule has 2 N–H and O–H groups in total. The number of carbonyl (C=O) groups excluding carboxylic acids is 1.